The summed E-state index contributed by atoms with van der Waals surface area (Å²) in [5.74, 6) is -0.344. The van der Waals surface area contributed by atoms with Crippen molar-refractivity contribution in [1.29, 1.82) is 0 Å². The van der Waals surface area contributed by atoms with Crippen LogP contribution in [-0.4, -0.2) is 25.4 Å². The number of ether oxygens (including phenoxy) is 1. The van der Waals surface area contributed by atoms with Crippen molar-refractivity contribution in [3.05, 3.63) is 0 Å². The summed E-state index contributed by atoms with van der Waals surface area (Å²) in [6.45, 7) is 7.43. The molecule has 4 heteroatoms. The molecular formula is C9H17NO3. The molecule has 0 radical (unpaired) electrons. The van der Waals surface area contributed by atoms with Gasteiger partial charge < -0.3 is 9.57 Å². The van der Waals surface area contributed by atoms with Crippen LogP contribution in [0.25, 0.3) is 0 Å². The Morgan fingerprint density at radius 1 is 1.38 bits per heavy atom. The number of carbonyl (C=O) groups is 1. The fourth-order valence-corrected chi connectivity index (χ4v) is 0.492. The van der Waals surface area contributed by atoms with Crippen LogP contribution in [0.2, 0.25) is 0 Å². The molecule has 0 aromatic carbocycles. The number of rotatable bonds is 3. The van der Waals surface area contributed by atoms with Crippen LogP contribution in [0.3, 0.4) is 0 Å². The molecule has 0 saturated carbocycles. The van der Waals surface area contributed by atoms with Crippen molar-refractivity contribution in [3.63, 3.8) is 0 Å². The van der Waals surface area contributed by atoms with Crippen LogP contribution < -0.4 is 0 Å². The largest absolute Gasteiger partial charge is 0.379 e. The number of nitrogens with zero attached hydrogens (tertiary/aromatic N) is 1. The second kappa shape index (κ2) is 4.97. The van der Waals surface area contributed by atoms with Crippen LogP contribution in [0.5, 0.6) is 0 Å². The first kappa shape index (κ1) is 12.1. The van der Waals surface area contributed by atoms with E-state index in [4.69, 9.17) is 4.74 Å². The normalized spacial score (nSPS) is 12.8. The summed E-state index contributed by atoms with van der Waals surface area (Å²) in [7, 11) is 1.56. The van der Waals surface area contributed by atoms with Gasteiger partial charge in [-0.25, -0.2) is 4.79 Å². The van der Waals surface area contributed by atoms with Crippen molar-refractivity contribution in [2.24, 2.45) is 10.6 Å². The Hall–Kier alpha value is -0.900. The van der Waals surface area contributed by atoms with Gasteiger partial charge in [0.15, 0.2) is 0 Å². The predicted molar refractivity (Wildman–Crippen MR) is 50.5 cm³/mol. The predicted octanol–water partition coefficient (Wildman–Crippen LogP) is 1.60. The highest BCUT2D eigenvalue weighted by atomic mass is 16.7. The summed E-state index contributed by atoms with van der Waals surface area (Å²) in [6.07, 6.45) is 0. The number of carbonyl (C=O) groups excluding carboxylic acids is 1. The smallest absolute Gasteiger partial charge is 0.340 e. The van der Waals surface area contributed by atoms with Gasteiger partial charge in [-0.15, -0.1) is 0 Å². The summed E-state index contributed by atoms with van der Waals surface area (Å²) < 4.78 is 4.80. The van der Waals surface area contributed by atoms with Gasteiger partial charge in [-0.2, -0.15) is 0 Å². The number of oxime groups is 1. The average Bonchev–Trinajstić information content (AvgIpc) is 1.99. The van der Waals surface area contributed by atoms with Gasteiger partial charge in [-0.1, -0.05) is 5.16 Å². The molecule has 0 rings (SSSR count). The Bertz CT molecular complexity index is 203. The third-order valence-corrected chi connectivity index (χ3v) is 1.25. The van der Waals surface area contributed by atoms with E-state index >= 15 is 0 Å². The lowest BCUT2D eigenvalue weighted by Crippen LogP contribution is -2.21. The quantitative estimate of drug-likeness (QED) is 0.383. The summed E-state index contributed by atoms with van der Waals surface area (Å²) in [6, 6.07) is 0. The number of methoxy groups -OCH3 is 1. The Balaban J connectivity index is 4.02. The summed E-state index contributed by atoms with van der Waals surface area (Å²) in [5.41, 5.74) is 0.122. The molecule has 0 aromatic heterocycles. The third-order valence-electron chi connectivity index (χ3n) is 1.25. The lowest BCUT2D eigenvalue weighted by Gasteiger charge is -2.13. The molecule has 0 aliphatic rings. The first-order chi connectivity index (χ1) is 5.88. The molecule has 13 heavy (non-hydrogen) atoms. The highest BCUT2D eigenvalue weighted by Crippen LogP contribution is 2.15. The molecule has 0 spiro atoms. The van der Waals surface area contributed by atoms with E-state index in [1.807, 2.05) is 0 Å². The Morgan fingerprint density at radius 3 is 2.31 bits per heavy atom. The van der Waals surface area contributed by atoms with Crippen molar-refractivity contribution in [2.45, 2.75) is 27.7 Å². The molecule has 0 saturated heterocycles. The van der Waals surface area contributed by atoms with Gasteiger partial charge >= 0.3 is 5.97 Å². The monoisotopic (exact) mass is 187 g/mol. The first-order valence-corrected chi connectivity index (χ1v) is 4.11. The molecule has 0 aliphatic heterocycles. The van der Waals surface area contributed by atoms with Crippen LogP contribution in [0, 0.1) is 5.41 Å². The summed E-state index contributed by atoms with van der Waals surface area (Å²) in [5, 5.41) is 3.62. The molecule has 0 heterocycles. The van der Waals surface area contributed by atoms with Crippen LogP contribution in [0.15, 0.2) is 5.16 Å². The van der Waals surface area contributed by atoms with Crippen molar-refractivity contribution in [3.8, 4) is 0 Å². The molecule has 0 bridgehead atoms. The maximum absolute atomic E-state index is 11.2. The zero-order chi connectivity index (χ0) is 10.5. The van der Waals surface area contributed by atoms with Crippen LogP contribution in [-0.2, 0) is 14.4 Å². The highest BCUT2D eigenvalue weighted by Gasteiger charge is 2.23. The second-order valence-corrected chi connectivity index (χ2v) is 3.89. The van der Waals surface area contributed by atoms with E-state index in [2.05, 4.69) is 9.99 Å². The van der Waals surface area contributed by atoms with Crippen molar-refractivity contribution < 1.29 is 14.4 Å². The fourth-order valence-electron chi connectivity index (χ4n) is 0.492. The van der Waals surface area contributed by atoms with Gasteiger partial charge in [0.2, 0.25) is 0 Å². The third kappa shape index (κ3) is 5.36. The minimum absolute atomic E-state index is 0.344. The van der Waals surface area contributed by atoms with E-state index < -0.39 is 5.41 Å². The standard InChI is InChI=1S/C9H17NO3/c1-7(6-12-5)10-13-8(11)9(2,3)4/h6H2,1-5H3/b10-7-. The zero-order valence-electron chi connectivity index (χ0n) is 8.88. The van der Waals surface area contributed by atoms with E-state index in [-0.39, 0.29) is 5.97 Å². The second-order valence-electron chi connectivity index (χ2n) is 3.89. The molecule has 0 unspecified atom stereocenters. The lowest BCUT2D eigenvalue weighted by atomic mass is 9.98. The van der Waals surface area contributed by atoms with Crippen molar-refractivity contribution in [1.82, 2.24) is 0 Å². The van der Waals surface area contributed by atoms with Crippen molar-refractivity contribution >= 4 is 11.7 Å². The van der Waals surface area contributed by atoms with E-state index in [9.17, 15) is 4.79 Å². The molecule has 0 fully saturated rings. The molecule has 4 nitrogen and oxygen atoms in total. The molecule has 76 valence electrons. The van der Waals surface area contributed by atoms with E-state index in [0.717, 1.165) is 0 Å². The Labute approximate surface area is 78.9 Å². The molecule has 0 amide bonds. The molecule has 0 N–H and O–H groups in total. The molecule has 0 aromatic rings. The van der Waals surface area contributed by atoms with Gasteiger partial charge in [0, 0.05) is 7.11 Å². The van der Waals surface area contributed by atoms with Crippen molar-refractivity contribution in [2.75, 3.05) is 13.7 Å². The van der Waals surface area contributed by atoms with Gasteiger partial charge in [0.25, 0.3) is 0 Å². The van der Waals surface area contributed by atoms with Gasteiger partial charge in [0.05, 0.1) is 17.7 Å². The van der Waals surface area contributed by atoms with Gasteiger partial charge in [0.1, 0.15) is 0 Å². The van der Waals surface area contributed by atoms with Gasteiger partial charge in [-0.05, 0) is 27.7 Å². The van der Waals surface area contributed by atoms with Crippen LogP contribution >= 0.6 is 0 Å². The van der Waals surface area contributed by atoms with Crippen LogP contribution in [0.4, 0.5) is 0 Å². The maximum atomic E-state index is 11.2. The topological polar surface area (TPSA) is 47.9 Å². The lowest BCUT2D eigenvalue weighted by molar-refractivity contribution is -0.153. The van der Waals surface area contributed by atoms with E-state index in [1.165, 1.54) is 0 Å². The summed E-state index contributed by atoms with van der Waals surface area (Å²) >= 11 is 0. The van der Waals surface area contributed by atoms with E-state index in [1.54, 1.807) is 34.8 Å². The molecular weight excluding hydrogens is 170 g/mol. The molecule has 0 atom stereocenters. The Kier molecular flexibility index (Phi) is 4.62. The SMILES string of the molecule is COC/C(C)=N\OC(=O)C(C)(C)C. The average molecular weight is 187 g/mol. The van der Waals surface area contributed by atoms with Crippen LogP contribution in [0.1, 0.15) is 27.7 Å². The van der Waals surface area contributed by atoms with E-state index in [0.29, 0.717) is 12.3 Å². The summed E-state index contributed by atoms with van der Waals surface area (Å²) in [4.78, 5) is 15.9. The minimum atomic E-state index is -0.517. The highest BCUT2D eigenvalue weighted by molar-refractivity contribution is 5.84. The minimum Gasteiger partial charge on any atom is -0.379 e. The maximum Gasteiger partial charge on any atom is 0.340 e. The molecule has 0 aliphatic carbocycles. The Morgan fingerprint density at radius 2 is 1.92 bits per heavy atom. The first-order valence-electron chi connectivity index (χ1n) is 4.11. The fraction of sp³-hybridized carbons (Fsp3) is 0.778. The van der Waals surface area contributed by atoms with Gasteiger partial charge in [-0.3, -0.25) is 0 Å². The zero-order valence-corrected chi connectivity index (χ0v) is 8.88. The number of hydrogen-bond acceptors (Lipinski definition) is 4. The number of hydrogen-bond donors (Lipinski definition) is 0.